The van der Waals surface area contributed by atoms with Crippen LogP contribution in [0.3, 0.4) is 0 Å². The van der Waals surface area contributed by atoms with Gasteiger partial charge in [0.15, 0.2) is 0 Å². The number of hydrogen-bond donors (Lipinski definition) is 1. The Kier molecular flexibility index (Phi) is 6.23. The molecule has 17 heavy (non-hydrogen) atoms. The number of nitrogens with one attached hydrogen (secondary N) is 1. The van der Waals surface area contributed by atoms with Crippen molar-refractivity contribution in [3.8, 4) is 0 Å². The van der Waals surface area contributed by atoms with Crippen molar-refractivity contribution < 1.29 is 4.74 Å². The summed E-state index contributed by atoms with van der Waals surface area (Å²) in [7, 11) is 1.74. The topological polar surface area (TPSA) is 21.3 Å². The minimum atomic E-state index is 0.520. The Bertz CT molecular complexity index is 307. The standard InChI is InChI=1S/C15H25NO/c1-12-5-7-15(8-6-12)11-13(2)14(3)16-9-10-17-4/h5-8,13-14,16H,9-11H2,1-4H3. The van der Waals surface area contributed by atoms with Gasteiger partial charge in [-0.15, -0.1) is 0 Å². The molecular weight excluding hydrogens is 210 g/mol. The third kappa shape index (κ3) is 5.33. The van der Waals surface area contributed by atoms with Gasteiger partial charge in [0.25, 0.3) is 0 Å². The third-order valence-electron chi connectivity index (χ3n) is 3.30. The predicted octanol–water partition coefficient (Wildman–Crippen LogP) is 2.80. The van der Waals surface area contributed by atoms with E-state index in [0.717, 1.165) is 19.6 Å². The van der Waals surface area contributed by atoms with E-state index < -0.39 is 0 Å². The molecule has 2 atom stereocenters. The molecule has 0 aliphatic rings. The van der Waals surface area contributed by atoms with Gasteiger partial charge in [0, 0.05) is 19.7 Å². The van der Waals surface area contributed by atoms with E-state index in [1.807, 2.05) is 0 Å². The smallest absolute Gasteiger partial charge is 0.0587 e. The maximum atomic E-state index is 5.04. The van der Waals surface area contributed by atoms with Crippen LogP contribution in [0.4, 0.5) is 0 Å². The molecule has 0 saturated carbocycles. The minimum absolute atomic E-state index is 0.520. The zero-order valence-corrected chi connectivity index (χ0v) is 11.5. The lowest BCUT2D eigenvalue weighted by molar-refractivity contribution is 0.192. The van der Waals surface area contributed by atoms with Crippen LogP contribution in [-0.2, 0) is 11.2 Å². The van der Waals surface area contributed by atoms with Gasteiger partial charge in [-0.3, -0.25) is 0 Å². The van der Waals surface area contributed by atoms with Gasteiger partial charge < -0.3 is 10.1 Å². The Labute approximate surface area is 105 Å². The highest BCUT2D eigenvalue weighted by molar-refractivity contribution is 5.21. The Hall–Kier alpha value is -0.860. The SMILES string of the molecule is COCCNC(C)C(C)Cc1ccc(C)cc1. The van der Waals surface area contributed by atoms with Crippen LogP contribution in [0, 0.1) is 12.8 Å². The Morgan fingerprint density at radius 3 is 2.41 bits per heavy atom. The molecule has 0 heterocycles. The Balaban J connectivity index is 2.37. The van der Waals surface area contributed by atoms with Gasteiger partial charge in [0.2, 0.25) is 0 Å². The lowest BCUT2D eigenvalue weighted by Crippen LogP contribution is -2.35. The normalized spacial score (nSPS) is 14.6. The molecule has 0 aromatic heterocycles. The van der Waals surface area contributed by atoms with Gasteiger partial charge in [-0.1, -0.05) is 36.8 Å². The number of ether oxygens (including phenoxy) is 1. The molecule has 1 N–H and O–H groups in total. The molecule has 2 nitrogen and oxygen atoms in total. The average molecular weight is 235 g/mol. The van der Waals surface area contributed by atoms with Crippen LogP contribution in [0.25, 0.3) is 0 Å². The molecule has 0 aliphatic carbocycles. The molecule has 2 unspecified atom stereocenters. The average Bonchev–Trinajstić information content (AvgIpc) is 2.32. The first-order valence-electron chi connectivity index (χ1n) is 6.41. The monoisotopic (exact) mass is 235 g/mol. The minimum Gasteiger partial charge on any atom is -0.383 e. The second-order valence-electron chi connectivity index (χ2n) is 4.90. The summed E-state index contributed by atoms with van der Waals surface area (Å²) in [6.45, 7) is 8.37. The van der Waals surface area contributed by atoms with E-state index in [-0.39, 0.29) is 0 Å². The largest absolute Gasteiger partial charge is 0.383 e. The first-order valence-corrected chi connectivity index (χ1v) is 6.41. The van der Waals surface area contributed by atoms with Crippen molar-refractivity contribution in [2.75, 3.05) is 20.3 Å². The van der Waals surface area contributed by atoms with Gasteiger partial charge in [-0.2, -0.15) is 0 Å². The molecule has 0 saturated heterocycles. The fourth-order valence-electron chi connectivity index (χ4n) is 1.86. The molecule has 0 bridgehead atoms. The molecule has 1 aromatic rings. The summed E-state index contributed by atoms with van der Waals surface area (Å²) < 4.78 is 5.04. The fourth-order valence-corrected chi connectivity index (χ4v) is 1.86. The maximum Gasteiger partial charge on any atom is 0.0587 e. The van der Waals surface area contributed by atoms with Crippen LogP contribution in [0.2, 0.25) is 0 Å². The quantitative estimate of drug-likeness (QED) is 0.734. The van der Waals surface area contributed by atoms with E-state index in [1.165, 1.54) is 11.1 Å². The van der Waals surface area contributed by atoms with Crippen LogP contribution >= 0.6 is 0 Å². The molecule has 96 valence electrons. The molecule has 0 amide bonds. The van der Waals surface area contributed by atoms with Crippen molar-refractivity contribution in [2.24, 2.45) is 5.92 Å². The molecule has 0 spiro atoms. The summed E-state index contributed by atoms with van der Waals surface area (Å²) in [6.07, 6.45) is 1.13. The van der Waals surface area contributed by atoms with Crippen molar-refractivity contribution in [3.05, 3.63) is 35.4 Å². The van der Waals surface area contributed by atoms with Crippen LogP contribution < -0.4 is 5.32 Å². The van der Waals surface area contributed by atoms with Gasteiger partial charge in [-0.05, 0) is 31.7 Å². The molecule has 2 heteroatoms. The van der Waals surface area contributed by atoms with E-state index in [9.17, 15) is 0 Å². The zero-order valence-electron chi connectivity index (χ0n) is 11.5. The van der Waals surface area contributed by atoms with Gasteiger partial charge in [0.1, 0.15) is 0 Å². The molecular formula is C15H25NO. The van der Waals surface area contributed by atoms with Crippen molar-refractivity contribution in [3.63, 3.8) is 0 Å². The lowest BCUT2D eigenvalue weighted by atomic mass is 9.94. The van der Waals surface area contributed by atoms with E-state index in [2.05, 4.69) is 50.4 Å². The third-order valence-corrected chi connectivity index (χ3v) is 3.30. The molecule has 1 aromatic carbocycles. The zero-order chi connectivity index (χ0) is 12.7. The summed E-state index contributed by atoms with van der Waals surface area (Å²) in [6, 6.07) is 9.35. The summed E-state index contributed by atoms with van der Waals surface area (Å²) in [5.74, 6) is 0.634. The number of aryl methyl sites for hydroxylation is 1. The van der Waals surface area contributed by atoms with Crippen LogP contribution in [0.1, 0.15) is 25.0 Å². The molecule has 0 fully saturated rings. The maximum absolute atomic E-state index is 5.04. The second kappa shape index (κ2) is 7.46. The summed E-state index contributed by atoms with van der Waals surface area (Å²) in [4.78, 5) is 0. The number of hydrogen-bond acceptors (Lipinski definition) is 2. The van der Waals surface area contributed by atoms with Crippen molar-refractivity contribution in [2.45, 2.75) is 33.2 Å². The van der Waals surface area contributed by atoms with E-state index in [0.29, 0.717) is 12.0 Å². The lowest BCUT2D eigenvalue weighted by Gasteiger charge is -2.21. The van der Waals surface area contributed by atoms with Gasteiger partial charge >= 0.3 is 0 Å². The second-order valence-corrected chi connectivity index (χ2v) is 4.90. The van der Waals surface area contributed by atoms with Crippen molar-refractivity contribution in [1.29, 1.82) is 0 Å². The highest BCUT2D eigenvalue weighted by Gasteiger charge is 2.11. The summed E-state index contributed by atoms with van der Waals surface area (Å²) in [5.41, 5.74) is 2.75. The highest BCUT2D eigenvalue weighted by atomic mass is 16.5. The molecule has 1 rings (SSSR count). The molecule has 0 radical (unpaired) electrons. The van der Waals surface area contributed by atoms with Crippen LogP contribution in [0.5, 0.6) is 0 Å². The summed E-state index contributed by atoms with van der Waals surface area (Å²) >= 11 is 0. The van der Waals surface area contributed by atoms with E-state index in [4.69, 9.17) is 4.74 Å². The predicted molar refractivity (Wildman–Crippen MR) is 73.4 cm³/mol. The van der Waals surface area contributed by atoms with Crippen molar-refractivity contribution in [1.82, 2.24) is 5.32 Å². The molecule has 0 aliphatic heterocycles. The van der Waals surface area contributed by atoms with Gasteiger partial charge in [0.05, 0.1) is 6.61 Å². The Morgan fingerprint density at radius 1 is 1.18 bits per heavy atom. The van der Waals surface area contributed by atoms with E-state index in [1.54, 1.807) is 7.11 Å². The Morgan fingerprint density at radius 2 is 1.82 bits per heavy atom. The van der Waals surface area contributed by atoms with Crippen molar-refractivity contribution >= 4 is 0 Å². The first kappa shape index (κ1) is 14.2. The fraction of sp³-hybridized carbons (Fsp3) is 0.600. The number of methoxy groups -OCH3 is 1. The van der Waals surface area contributed by atoms with E-state index >= 15 is 0 Å². The van der Waals surface area contributed by atoms with Gasteiger partial charge in [-0.25, -0.2) is 0 Å². The first-order chi connectivity index (χ1) is 8.13. The summed E-state index contributed by atoms with van der Waals surface area (Å²) in [5, 5.41) is 3.49. The van der Waals surface area contributed by atoms with Crippen LogP contribution in [0.15, 0.2) is 24.3 Å². The van der Waals surface area contributed by atoms with Crippen LogP contribution in [-0.4, -0.2) is 26.3 Å². The highest BCUT2D eigenvalue weighted by Crippen LogP contribution is 2.12. The number of benzene rings is 1. The number of rotatable bonds is 7.